The van der Waals surface area contributed by atoms with Crippen LogP contribution in [0.25, 0.3) is 5.57 Å². The monoisotopic (exact) mass is 393 g/mol. The van der Waals surface area contributed by atoms with E-state index in [0.717, 1.165) is 18.6 Å². The van der Waals surface area contributed by atoms with Gasteiger partial charge in [-0.05, 0) is 42.2 Å². The van der Waals surface area contributed by atoms with Crippen LogP contribution in [0.5, 0.6) is 0 Å². The van der Waals surface area contributed by atoms with E-state index in [4.69, 9.17) is 0 Å². The molecule has 0 saturated carbocycles. The van der Waals surface area contributed by atoms with Gasteiger partial charge in [-0.15, -0.1) is 0 Å². The van der Waals surface area contributed by atoms with Crippen LogP contribution in [-0.2, 0) is 16.2 Å². The van der Waals surface area contributed by atoms with Crippen molar-refractivity contribution in [1.82, 2.24) is 4.72 Å². The van der Waals surface area contributed by atoms with Gasteiger partial charge in [-0.25, -0.2) is 8.42 Å². The molecule has 1 N–H and O–H groups in total. The molecule has 27 heavy (non-hydrogen) atoms. The third kappa shape index (κ3) is 4.24. The molecule has 3 rings (SSSR count). The van der Waals surface area contributed by atoms with Crippen molar-refractivity contribution < 1.29 is 21.6 Å². The summed E-state index contributed by atoms with van der Waals surface area (Å²) >= 11 is 0. The number of nitrogens with one attached hydrogen (secondary N) is 1. The zero-order chi connectivity index (χ0) is 19.7. The maximum Gasteiger partial charge on any atom is 0.416 e. The third-order valence-electron chi connectivity index (χ3n) is 4.34. The summed E-state index contributed by atoms with van der Waals surface area (Å²) < 4.78 is 66.2. The van der Waals surface area contributed by atoms with Gasteiger partial charge >= 0.3 is 6.18 Å². The number of alkyl halides is 3. The van der Waals surface area contributed by atoms with Crippen LogP contribution in [0.15, 0.2) is 77.3 Å². The maximum atomic E-state index is 12.8. The number of hydrogen-bond acceptors (Lipinski definition) is 2. The number of halogens is 3. The van der Waals surface area contributed by atoms with Gasteiger partial charge in [0.15, 0.2) is 0 Å². The molecular formula is C20H18F3NO2S. The molecule has 1 atom stereocenters. The van der Waals surface area contributed by atoms with Crippen molar-refractivity contribution in [3.8, 4) is 0 Å². The van der Waals surface area contributed by atoms with Crippen molar-refractivity contribution in [2.75, 3.05) is 0 Å². The van der Waals surface area contributed by atoms with Crippen molar-refractivity contribution in [2.45, 2.75) is 24.4 Å². The second-order valence-electron chi connectivity index (χ2n) is 6.23. The van der Waals surface area contributed by atoms with Gasteiger partial charge in [0.25, 0.3) is 10.0 Å². The largest absolute Gasteiger partial charge is 0.416 e. The standard InChI is InChI=1S/C20H18F3NO2S/c1-2-14-12-18(15-8-10-16(11-9-15)20(21,22)23)19(13-14)24-27(25,26)17-6-4-3-5-7-17/h3-14,24H,2H2,1H3. The van der Waals surface area contributed by atoms with E-state index >= 15 is 0 Å². The van der Waals surface area contributed by atoms with Crippen LogP contribution in [0.2, 0.25) is 0 Å². The number of hydrogen-bond donors (Lipinski definition) is 1. The summed E-state index contributed by atoms with van der Waals surface area (Å²) in [5.41, 5.74) is 0.744. The molecule has 0 aromatic heterocycles. The normalized spacial score (nSPS) is 17.4. The Kier molecular flexibility index (Phi) is 5.15. The highest BCUT2D eigenvalue weighted by atomic mass is 32.2. The van der Waals surface area contributed by atoms with E-state index in [9.17, 15) is 21.6 Å². The van der Waals surface area contributed by atoms with E-state index in [-0.39, 0.29) is 10.8 Å². The number of allylic oxidation sites excluding steroid dienone is 3. The van der Waals surface area contributed by atoms with Gasteiger partial charge in [0, 0.05) is 5.57 Å². The molecule has 142 valence electrons. The van der Waals surface area contributed by atoms with Crippen LogP contribution < -0.4 is 4.72 Å². The summed E-state index contributed by atoms with van der Waals surface area (Å²) in [5.74, 6) is 0.00997. The fourth-order valence-electron chi connectivity index (χ4n) is 2.87. The smallest absolute Gasteiger partial charge is 0.279 e. The Hall–Kier alpha value is -2.54. The van der Waals surface area contributed by atoms with Gasteiger partial charge in [-0.3, -0.25) is 4.72 Å². The predicted octanol–water partition coefficient (Wildman–Crippen LogP) is 4.99. The first-order valence-electron chi connectivity index (χ1n) is 8.40. The van der Waals surface area contributed by atoms with E-state index in [1.54, 1.807) is 24.3 Å². The minimum atomic E-state index is -4.41. The Morgan fingerprint density at radius 1 is 0.963 bits per heavy atom. The molecule has 0 heterocycles. The lowest BCUT2D eigenvalue weighted by Gasteiger charge is -2.14. The molecule has 0 fully saturated rings. The molecule has 0 spiro atoms. The molecule has 1 aliphatic rings. The molecule has 2 aromatic rings. The van der Waals surface area contributed by atoms with E-state index in [1.807, 2.05) is 13.0 Å². The van der Waals surface area contributed by atoms with Gasteiger partial charge < -0.3 is 0 Å². The maximum absolute atomic E-state index is 12.8. The van der Waals surface area contributed by atoms with Crippen LogP contribution in [0.3, 0.4) is 0 Å². The van der Waals surface area contributed by atoms with E-state index < -0.39 is 21.8 Å². The van der Waals surface area contributed by atoms with Crippen molar-refractivity contribution >= 4 is 15.6 Å². The first-order chi connectivity index (χ1) is 12.7. The Balaban J connectivity index is 1.92. The highest BCUT2D eigenvalue weighted by molar-refractivity contribution is 7.89. The third-order valence-corrected chi connectivity index (χ3v) is 5.73. The Labute approximate surface area is 156 Å². The van der Waals surface area contributed by atoms with Gasteiger partial charge in [0.1, 0.15) is 0 Å². The highest BCUT2D eigenvalue weighted by Gasteiger charge is 2.30. The minimum absolute atomic E-state index is 0.00997. The lowest BCUT2D eigenvalue weighted by molar-refractivity contribution is -0.137. The molecule has 0 aliphatic heterocycles. The van der Waals surface area contributed by atoms with Gasteiger partial charge in [-0.2, -0.15) is 13.2 Å². The number of rotatable bonds is 5. The second kappa shape index (κ2) is 7.23. The Morgan fingerprint density at radius 3 is 2.15 bits per heavy atom. The first kappa shape index (κ1) is 19.2. The fraction of sp³-hybridized carbons (Fsp3) is 0.200. The van der Waals surface area contributed by atoms with Crippen molar-refractivity contribution in [1.29, 1.82) is 0 Å². The van der Waals surface area contributed by atoms with E-state index in [2.05, 4.69) is 4.72 Å². The van der Waals surface area contributed by atoms with Crippen LogP contribution >= 0.6 is 0 Å². The van der Waals surface area contributed by atoms with Gasteiger partial charge in [-0.1, -0.05) is 49.4 Å². The average molecular weight is 393 g/mol. The lowest BCUT2D eigenvalue weighted by Crippen LogP contribution is -2.23. The molecule has 1 unspecified atom stereocenters. The van der Waals surface area contributed by atoms with Crippen molar-refractivity contribution in [3.05, 3.63) is 83.6 Å². The van der Waals surface area contributed by atoms with E-state index in [0.29, 0.717) is 16.8 Å². The van der Waals surface area contributed by atoms with E-state index in [1.165, 1.54) is 24.3 Å². The zero-order valence-electron chi connectivity index (χ0n) is 14.5. The van der Waals surface area contributed by atoms with Crippen molar-refractivity contribution in [3.63, 3.8) is 0 Å². The quantitative estimate of drug-likeness (QED) is 0.778. The van der Waals surface area contributed by atoms with Crippen LogP contribution in [0.4, 0.5) is 13.2 Å². The molecule has 0 bridgehead atoms. The van der Waals surface area contributed by atoms with Crippen LogP contribution in [0.1, 0.15) is 24.5 Å². The number of benzene rings is 2. The summed E-state index contributed by atoms with van der Waals surface area (Å²) in [6.45, 7) is 1.96. The first-order valence-corrected chi connectivity index (χ1v) is 9.88. The summed E-state index contributed by atoms with van der Waals surface area (Å²) in [5, 5.41) is 0. The second-order valence-corrected chi connectivity index (χ2v) is 7.91. The molecule has 3 nitrogen and oxygen atoms in total. The molecule has 0 saturated heterocycles. The van der Waals surface area contributed by atoms with Crippen molar-refractivity contribution in [2.24, 2.45) is 5.92 Å². The summed E-state index contributed by atoms with van der Waals surface area (Å²) in [4.78, 5) is 0.123. The van der Waals surface area contributed by atoms with Gasteiger partial charge in [0.05, 0.1) is 16.2 Å². The topological polar surface area (TPSA) is 46.2 Å². The molecule has 7 heteroatoms. The van der Waals surface area contributed by atoms with Gasteiger partial charge in [0.2, 0.25) is 0 Å². The zero-order valence-corrected chi connectivity index (χ0v) is 15.3. The highest BCUT2D eigenvalue weighted by Crippen LogP contribution is 2.35. The Morgan fingerprint density at radius 2 is 1.59 bits per heavy atom. The molecule has 0 radical (unpaired) electrons. The summed E-state index contributed by atoms with van der Waals surface area (Å²) in [7, 11) is -3.79. The molecule has 1 aliphatic carbocycles. The van der Waals surface area contributed by atoms with Crippen LogP contribution in [0, 0.1) is 5.92 Å². The molecular weight excluding hydrogens is 375 g/mol. The number of sulfonamides is 1. The Bertz CT molecular complexity index is 976. The minimum Gasteiger partial charge on any atom is -0.279 e. The lowest BCUT2D eigenvalue weighted by atomic mass is 10.0. The molecule has 0 amide bonds. The molecule has 2 aromatic carbocycles. The summed E-state index contributed by atoms with van der Waals surface area (Å²) in [6, 6.07) is 12.6. The predicted molar refractivity (Wildman–Crippen MR) is 98.0 cm³/mol. The average Bonchev–Trinajstić information content (AvgIpc) is 3.04. The fourth-order valence-corrected chi connectivity index (χ4v) is 3.98. The SMILES string of the molecule is CCC1C=C(NS(=O)(=O)c2ccccc2)C(c2ccc(C(F)(F)F)cc2)=C1. The van der Waals surface area contributed by atoms with Crippen LogP contribution in [-0.4, -0.2) is 8.42 Å². The summed E-state index contributed by atoms with van der Waals surface area (Å²) in [6.07, 6.45) is -0.0122.